The van der Waals surface area contributed by atoms with E-state index >= 15 is 0 Å². The first-order valence-electron chi connectivity index (χ1n) is 4.72. The molecule has 1 rings (SSSR count). The average molecular weight is 181 g/mol. The number of aryl methyl sites for hydroxylation is 1. The molecule has 0 radical (unpaired) electrons. The van der Waals surface area contributed by atoms with Crippen LogP contribution in [0.4, 0.5) is 5.95 Å². The van der Waals surface area contributed by atoms with Crippen LogP contribution in [0, 0.1) is 5.41 Å². The van der Waals surface area contributed by atoms with Crippen LogP contribution in [0.25, 0.3) is 0 Å². The number of imidazole rings is 1. The van der Waals surface area contributed by atoms with Crippen LogP contribution in [0.2, 0.25) is 0 Å². The van der Waals surface area contributed by atoms with Gasteiger partial charge in [0, 0.05) is 26.0 Å². The zero-order chi connectivity index (χ0) is 9.90. The van der Waals surface area contributed by atoms with Gasteiger partial charge in [-0.3, -0.25) is 0 Å². The highest BCUT2D eigenvalue weighted by Gasteiger charge is 2.10. The number of nitrogens with zero attached hydrogens (tertiary/aromatic N) is 2. The molecule has 0 unspecified atom stereocenters. The van der Waals surface area contributed by atoms with Crippen molar-refractivity contribution in [2.75, 3.05) is 12.4 Å². The number of hydrogen-bond acceptors (Lipinski definition) is 2. The average Bonchev–Trinajstić information content (AvgIpc) is 2.46. The van der Waals surface area contributed by atoms with Crippen LogP contribution in [0.3, 0.4) is 0 Å². The summed E-state index contributed by atoms with van der Waals surface area (Å²) in [6.07, 6.45) is 5.00. The maximum atomic E-state index is 4.19. The van der Waals surface area contributed by atoms with Crippen molar-refractivity contribution in [2.45, 2.75) is 33.7 Å². The molecule has 0 fully saturated rings. The molecule has 0 saturated carbocycles. The molecule has 0 bridgehead atoms. The lowest BCUT2D eigenvalue weighted by atomic mass is 9.92. The van der Waals surface area contributed by atoms with Gasteiger partial charge in [-0.2, -0.15) is 0 Å². The van der Waals surface area contributed by atoms with Crippen molar-refractivity contribution in [3.63, 3.8) is 0 Å². The summed E-state index contributed by atoms with van der Waals surface area (Å²) in [5.41, 5.74) is 0.384. The fraction of sp³-hybridized carbons (Fsp3) is 0.700. The van der Waals surface area contributed by atoms with Gasteiger partial charge in [-0.25, -0.2) is 4.98 Å². The van der Waals surface area contributed by atoms with Crippen molar-refractivity contribution in [3.05, 3.63) is 12.4 Å². The summed E-state index contributed by atoms with van der Waals surface area (Å²) in [6, 6.07) is 0. The predicted molar refractivity (Wildman–Crippen MR) is 55.8 cm³/mol. The summed E-state index contributed by atoms with van der Waals surface area (Å²) < 4.78 is 2.14. The molecule has 0 aromatic carbocycles. The van der Waals surface area contributed by atoms with Gasteiger partial charge < -0.3 is 9.88 Å². The van der Waals surface area contributed by atoms with Crippen LogP contribution in [0.5, 0.6) is 0 Å². The topological polar surface area (TPSA) is 29.9 Å². The fourth-order valence-corrected chi connectivity index (χ4v) is 1.17. The molecule has 0 aliphatic rings. The number of anilines is 1. The molecule has 0 atom stereocenters. The van der Waals surface area contributed by atoms with E-state index in [0.29, 0.717) is 5.41 Å². The largest absolute Gasteiger partial charge is 0.359 e. The Morgan fingerprint density at radius 1 is 1.46 bits per heavy atom. The van der Waals surface area contributed by atoms with Crippen molar-refractivity contribution in [3.8, 4) is 0 Å². The number of hydrogen-bond donors (Lipinski definition) is 1. The third-order valence-corrected chi connectivity index (χ3v) is 2.04. The molecule has 1 heterocycles. The summed E-state index contributed by atoms with van der Waals surface area (Å²) in [5.74, 6) is 0.948. The molecule has 13 heavy (non-hydrogen) atoms. The van der Waals surface area contributed by atoms with Gasteiger partial charge in [0.05, 0.1) is 0 Å². The van der Waals surface area contributed by atoms with Gasteiger partial charge in [0.25, 0.3) is 0 Å². The Labute approximate surface area is 80.2 Å². The van der Waals surface area contributed by atoms with Gasteiger partial charge in [-0.15, -0.1) is 0 Å². The third-order valence-electron chi connectivity index (χ3n) is 2.04. The van der Waals surface area contributed by atoms with E-state index in [0.717, 1.165) is 18.9 Å². The Morgan fingerprint density at radius 2 is 2.15 bits per heavy atom. The first-order chi connectivity index (χ1) is 6.03. The lowest BCUT2D eigenvalue weighted by Crippen LogP contribution is -2.11. The lowest BCUT2D eigenvalue weighted by molar-refractivity contribution is 0.351. The van der Waals surface area contributed by atoms with Crippen molar-refractivity contribution in [1.82, 2.24) is 9.55 Å². The summed E-state index contributed by atoms with van der Waals surface area (Å²) in [7, 11) is 1.90. The molecule has 3 heteroatoms. The van der Waals surface area contributed by atoms with E-state index in [1.54, 1.807) is 0 Å². The van der Waals surface area contributed by atoms with Crippen LogP contribution in [0.15, 0.2) is 12.4 Å². The lowest BCUT2D eigenvalue weighted by Gasteiger charge is -2.18. The third kappa shape index (κ3) is 3.09. The molecule has 0 aliphatic heterocycles. The molecule has 0 amide bonds. The minimum atomic E-state index is 0.384. The van der Waals surface area contributed by atoms with E-state index in [1.165, 1.54) is 0 Å². The Kier molecular flexibility index (Phi) is 2.96. The standard InChI is InChI=1S/C10H19N3/c1-10(2,3)5-7-13-8-6-12-9(13)11-4/h6,8H,5,7H2,1-4H3,(H,11,12). The van der Waals surface area contributed by atoms with Crippen molar-refractivity contribution >= 4 is 5.95 Å². The second-order valence-corrected chi connectivity index (χ2v) is 4.50. The molecule has 74 valence electrons. The van der Waals surface area contributed by atoms with Crippen molar-refractivity contribution in [2.24, 2.45) is 5.41 Å². The van der Waals surface area contributed by atoms with Gasteiger partial charge in [-0.1, -0.05) is 20.8 Å². The zero-order valence-electron chi connectivity index (χ0n) is 8.96. The molecule has 0 saturated heterocycles. The highest BCUT2D eigenvalue weighted by Crippen LogP contribution is 2.20. The summed E-state index contributed by atoms with van der Waals surface area (Å²) >= 11 is 0. The Morgan fingerprint density at radius 3 is 2.69 bits per heavy atom. The van der Waals surface area contributed by atoms with Gasteiger partial charge in [-0.05, 0) is 11.8 Å². The SMILES string of the molecule is CNc1nccn1CCC(C)(C)C. The Bertz CT molecular complexity index is 257. The zero-order valence-corrected chi connectivity index (χ0v) is 8.96. The van der Waals surface area contributed by atoms with Crippen LogP contribution in [-0.4, -0.2) is 16.6 Å². The van der Waals surface area contributed by atoms with Crippen LogP contribution in [0.1, 0.15) is 27.2 Å². The highest BCUT2D eigenvalue weighted by atomic mass is 15.2. The molecule has 1 aromatic heterocycles. The molecular weight excluding hydrogens is 162 g/mol. The summed E-state index contributed by atoms with van der Waals surface area (Å²) in [4.78, 5) is 4.19. The van der Waals surface area contributed by atoms with Crippen LogP contribution >= 0.6 is 0 Å². The highest BCUT2D eigenvalue weighted by molar-refractivity contribution is 5.23. The molecule has 1 N–H and O–H groups in total. The maximum absolute atomic E-state index is 4.19. The quantitative estimate of drug-likeness (QED) is 0.775. The minimum absolute atomic E-state index is 0.384. The molecule has 1 aromatic rings. The molecule has 0 spiro atoms. The van der Waals surface area contributed by atoms with Crippen molar-refractivity contribution in [1.29, 1.82) is 0 Å². The maximum Gasteiger partial charge on any atom is 0.202 e. The van der Waals surface area contributed by atoms with E-state index in [-0.39, 0.29) is 0 Å². The van der Waals surface area contributed by atoms with Crippen LogP contribution < -0.4 is 5.32 Å². The molecule has 3 nitrogen and oxygen atoms in total. The van der Waals surface area contributed by atoms with E-state index in [9.17, 15) is 0 Å². The second-order valence-electron chi connectivity index (χ2n) is 4.50. The van der Waals surface area contributed by atoms with Crippen molar-refractivity contribution < 1.29 is 0 Å². The normalized spacial score (nSPS) is 11.7. The fourth-order valence-electron chi connectivity index (χ4n) is 1.17. The summed E-state index contributed by atoms with van der Waals surface area (Å²) in [6.45, 7) is 7.79. The van der Waals surface area contributed by atoms with Gasteiger partial charge in [0.1, 0.15) is 0 Å². The van der Waals surface area contributed by atoms with E-state index in [1.807, 2.05) is 19.4 Å². The smallest absolute Gasteiger partial charge is 0.202 e. The number of aromatic nitrogens is 2. The van der Waals surface area contributed by atoms with E-state index in [2.05, 4.69) is 35.6 Å². The molecule has 0 aliphatic carbocycles. The first kappa shape index (κ1) is 10.1. The Hall–Kier alpha value is -0.990. The van der Waals surface area contributed by atoms with Gasteiger partial charge in [0.2, 0.25) is 5.95 Å². The number of nitrogens with one attached hydrogen (secondary N) is 1. The summed E-state index contributed by atoms with van der Waals surface area (Å²) in [5, 5.41) is 3.06. The van der Waals surface area contributed by atoms with Crippen LogP contribution in [-0.2, 0) is 6.54 Å². The Balaban J connectivity index is 2.54. The van der Waals surface area contributed by atoms with E-state index in [4.69, 9.17) is 0 Å². The first-order valence-corrected chi connectivity index (χ1v) is 4.72. The number of rotatable bonds is 3. The minimum Gasteiger partial charge on any atom is -0.359 e. The monoisotopic (exact) mass is 181 g/mol. The predicted octanol–water partition coefficient (Wildman–Crippen LogP) is 2.36. The second kappa shape index (κ2) is 3.81. The molecular formula is C10H19N3. The van der Waals surface area contributed by atoms with Gasteiger partial charge >= 0.3 is 0 Å². The van der Waals surface area contributed by atoms with E-state index < -0.39 is 0 Å². The van der Waals surface area contributed by atoms with Gasteiger partial charge in [0.15, 0.2) is 0 Å².